The van der Waals surface area contributed by atoms with Crippen LogP contribution in [-0.2, 0) is 9.53 Å². The molecule has 0 aliphatic heterocycles. The molecule has 4 aliphatic rings. The van der Waals surface area contributed by atoms with Crippen LogP contribution < -0.4 is 0 Å². The summed E-state index contributed by atoms with van der Waals surface area (Å²) >= 11 is 0. The second kappa shape index (κ2) is 8.02. The summed E-state index contributed by atoms with van der Waals surface area (Å²) in [5.41, 5.74) is 2.39. The molecule has 3 saturated carbocycles. The van der Waals surface area contributed by atoms with Crippen molar-refractivity contribution in [2.45, 2.75) is 97.5 Å². The van der Waals surface area contributed by atoms with Gasteiger partial charge in [-0.2, -0.15) is 0 Å². The van der Waals surface area contributed by atoms with Crippen molar-refractivity contribution in [3.05, 3.63) is 11.6 Å². The summed E-state index contributed by atoms with van der Waals surface area (Å²) in [4.78, 5) is 11.5. The summed E-state index contributed by atoms with van der Waals surface area (Å²) in [6, 6.07) is 0. The average Bonchev–Trinajstić information content (AvgIpc) is 3.05. The van der Waals surface area contributed by atoms with E-state index in [4.69, 9.17) is 4.74 Å². The van der Waals surface area contributed by atoms with E-state index in [0.29, 0.717) is 23.2 Å². The molecule has 0 aromatic carbocycles. The molecule has 0 aromatic heterocycles. The maximum absolute atomic E-state index is 11.5. The van der Waals surface area contributed by atoms with Crippen LogP contribution >= 0.6 is 0 Å². The fourth-order valence-corrected chi connectivity index (χ4v) is 8.49. The van der Waals surface area contributed by atoms with Crippen molar-refractivity contribution in [2.24, 2.45) is 40.4 Å². The van der Waals surface area contributed by atoms with Crippen LogP contribution in [0.15, 0.2) is 11.6 Å². The van der Waals surface area contributed by atoms with Gasteiger partial charge in [-0.15, -0.1) is 0 Å². The Morgan fingerprint density at radius 3 is 2.76 bits per heavy atom. The number of allylic oxidation sites excluding steroid dienone is 1. The molecule has 0 heterocycles. The van der Waals surface area contributed by atoms with Gasteiger partial charge in [-0.1, -0.05) is 32.4 Å². The van der Waals surface area contributed by atoms with Crippen molar-refractivity contribution >= 4 is 5.97 Å². The van der Waals surface area contributed by atoms with E-state index in [2.05, 4.69) is 26.8 Å². The number of aliphatic hydroxyl groups excluding tert-OH is 1. The molecule has 0 saturated heterocycles. The number of hydrogen-bond acceptors (Lipinski definition) is 3. The molecule has 3 fully saturated rings. The van der Waals surface area contributed by atoms with Crippen LogP contribution in [0, 0.1) is 40.4 Å². The summed E-state index contributed by atoms with van der Waals surface area (Å²) < 4.78 is 4.82. The van der Waals surface area contributed by atoms with Crippen molar-refractivity contribution in [1.29, 1.82) is 0 Å². The van der Waals surface area contributed by atoms with E-state index in [1.54, 1.807) is 5.57 Å². The first kappa shape index (κ1) is 21.4. The molecule has 0 unspecified atom stereocenters. The van der Waals surface area contributed by atoms with Gasteiger partial charge >= 0.3 is 5.97 Å². The quantitative estimate of drug-likeness (QED) is 0.459. The molecular weight excluding hydrogens is 360 g/mol. The molecule has 4 aliphatic carbocycles. The number of aliphatic hydroxyl groups is 1. The van der Waals surface area contributed by atoms with E-state index in [1.165, 1.54) is 45.6 Å². The smallest absolute Gasteiger partial charge is 0.305 e. The first-order chi connectivity index (χ1) is 13.8. The minimum Gasteiger partial charge on any atom is -0.469 e. The van der Waals surface area contributed by atoms with Gasteiger partial charge in [-0.05, 0) is 105 Å². The number of carbonyl (C=O) groups is 1. The molecule has 29 heavy (non-hydrogen) atoms. The number of ether oxygens (including phenoxy) is 1. The zero-order valence-corrected chi connectivity index (χ0v) is 19.1. The highest BCUT2D eigenvalue weighted by Gasteiger charge is 2.59. The molecule has 3 heteroatoms. The second-order valence-corrected chi connectivity index (χ2v) is 11.3. The summed E-state index contributed by atoms with van der Waals surface area (Å²) in [5, 5.41) is 10.2. The molecule has 0 spiro atoms. The predicted octanol–water partition coefficient (Wildman–Crippen LogP) is 5.91. The van der Waals surface area contributed by atoms with Gasteiger partial charge in [0.05, 0.1) is 13.2 Å². The third-order valence-corrected chi connectivity index (χ3v) is 10.1. The highest BCUT2D eigenvalue weighted by molar-refractivity contribution is 5.68. The van der Waals surface area contributed by atoms with Crippen LogP contribution in [0.2, 0.25) is 0 Å². The summed E-state index contributed by atoms with van der Waals surface area (Å²) in [7, 11) is 1.49. The van der Waals surface area contributed by atoms with Crippen LogP contribution in [0.4, 0.5) is 0 Å². The van der Waals surface area contributed by atoms with Gasteiger partial charge in [0.2, 0.25) is 0 Å². The van der Waals surface area contributed by atoms with Gasteiger partial charge in [-0.25, -0.2) is 0 Å². The molecular formula is C26H42O3. The normalized spacial score (nSPS) is 44.9. The van der Waals surface area contributed by atoms with Crippen molar-refractivity contribution in [1.82, 2.24) is 0 Å². The number of rotatable bonds is 5. The van der Waals surface area contributed by atoms with Crippen molar-refractivity contribution in [3.63, 3.8) is 0 Å². The lowest BCUT2D eigenvalue weighted by atomic mass is 9.47. The minimum atomic E-state index is -0.110. The molecule has 8 atom stereocenters. The van der Waals surface area contributed by atoms with Gasteiger partial charge in [0.15, 0.2) is 0 Å². The SMILES string of the molecule is COC(=O)CCC[C@@H](C)[C@H]1CC[C@H]2[C@@H]3CC=C4C[C@@H](O)CC[C@]4(C)[C@H]3CC[C@]12C. The summed E-state index contributed by atoms with van der Waals surface area (Å²) in [6.07, 6.45) is 14.9. The number of carbonyl (C=O) groups excluding carboxylic acids is 1. The Morgan fingerprint density at radius 1 is 1.21 bits per heavy atom. The molecule has 0 bridgehead atoms. The van der Waals surface area contributed by atoms with Crippen LogP contribution in [0.3, 0.4) is 0 Å². The Kier molecular flexibility index (Phi) is 5.92. The van der Waals surface area contributed by atoms with E-state index in [1.807, 2.05) is 0 Å². The molecule has 1 N–H and O–H groups in total. The van der Waals surface area contributed by atoms with Crippen molar-refractivity contribution in [2.75, 3.05) is 7.11 Å². The molecule has 0 amide bonds. The van der Waals surface area contributed by atoms with Crippen LogP contribution in [0.25, 0.3) is 0 Å². The summed E-state index contributed by atoms with van der Waals surface area (Å²) in [6.45, 7) is 7.56. The topological polar surface area (TPSA) is 46.5 Å². The van der Waals surface area contributed by atoms with Crippen molar-refractivity contribution in [3.8, 4) is 0 Å². The number of esters is 1. The van der Waals surface area contributed by atoms with Crippen molar-refractivity contribution < 1.29 is 14.6 Å². The lowest BCUT2D eigenvalue weighted by molar-refractivity contribution is -0.140. The first-order valence-electron chi connectivity index (χ1n) is 12.2. The van der Waals surface area contributed by atoms with E-state index in [-0.39, 0.29) is 12.1 Å². The number of methoxy groups -OCH3 is 1. The molecule has 164 valence electrons. The van der Waals surface area contributed by atoms with E-state index in [0.717, 1.165) is 49.4 Å². The predicted molar refractivity (Wildman–Crippen MR) is 116 cm³/mol. The third kappa shape index (κ3) is 3.60. The minimum absolute atomic E-state index is 0.0659. The molecule has 3 nitrogen and oxygen atoms in total. The third-order valence-electron chi connectivity index (χ3n) is 10.1. The average molecular weight is 403 g/mol. The monoisotopic (exact) mass is 402 g/mol. The van der Waals surface area contributed by atoms with E-state index >= 15 is 0 Å². The Morgan fingerprint density at radius 2 is 2.00 bits per heavy atom. The Hall–Kier alpha value is -0.830. The van der Waals surface area contributed by atoms with Gasteiger partial charge < -0.3 is 9.84 Å². The highest BCUT2D eigenvalue weighted by atomic mass is 16.5. The molecule has 0 aromatic rings. The number of fused-ring (bicyclic) bond motifs is 5. The van der Waals surface area contributed by atoms with Gasteiger partial charge in [0.25, 0.3) is 0 Å². The van der Waals surface area contributed by atoms with Crippen LogP contribution in [0.1, 0.15) is 91.4 Å². The second-order valence-electron chi connectivity index (χ2n) is 11.3. The van der Waals surface area contributed by atoms with Gasteiger partial charge in [-0.3, -0.25) is 4.79 Å². The number of hydrogen-bond donors (Lipinski definition) is 1. The van der Waals surface area contributed by atoms with Gasteiger partial charge in [0.1, 0.15) is 0 Å². The largest absolute Gasteiger partial charge is 0.469 e. The lowest BCUT2D eigenvalue weighted by Crippen LogP contribution is -2.50. The van der Waals surface area contributed by atoms with E-state index < -0.39 is 0 Å². The maximum Gasteiger partial charge on any atom is 0.305 e. The van der Waals surface area contributed by atoms with Gasteiger partial charge in [0, 0.05) is 6.42 Å². The Bertz CT molecular complexity index is 654. The molecule has 0 radical (unpaired) electrons. The Labute approximate surface area is 177 Å². The molecule has 4 rings (SSSR count). The fraction of sp³-hybridized carbons (Fsp3) is 0.885. The highest BCUT2D eigenvalue weighted by Crippen LogP contribution is 2.67. The fourth-order valence-electron chi connectivity index (χ4n) is 8.49. The summed E-state index contributed by atoms with van der Waals surface area (Å²) in [5.74, 6) is 3.95. The van der Waals surface area contributed by atoms with Crippen LogP contribution in [-0.4, -0.2) is 24.3 Å². The first-order valence-corrected chi connectivity index (χ1v) is 12.2. The van der Waals surface area contributed by atoms with E-state index in [9.17, 15) is 9.90 Å². The maximum atomic E-state index is 11.5. The zero-order valence-electron chi connectivity index (χ0n) is 19.1. The lowest BCUT2D eigenvalue weighted by Gasteiger charge is -2.58. The standard InChI is InChI=1S/C26H42O3/c1-17(6-5-7-24(28)29-4)21-10-11-22-20-9-8-18-16-19(27)12-14-25(18,2)23(20)13-15-26(21,22)3/h8,17,19-23,27H,5-7,9-16H2,1-4H3/t17-,19+,20+,21-,22+,23+,25+,26-/m1/s1. The Balaban J connectivity index is 1.46. The van der Waals surface area contributed by atoms with Crippen LogP contribution in [0.5, 0.6) is 0 Å². The zero-order chi connectivity index (χ0) is 20.8.